The molecule has 0 amide bonds. The number of hydrogen-bond acceptors (Lipinski definition) is 5. The SMILES string of the molecule is Cc1c(C=C(C#N)c2cccc([N+](=O)[O-])c2)c2ccccc2n1Cc1ccc([N+](=O)[O-])cc1. The first-order chi connectivity index (χ1) is 15.9. The summed E-state index contributed by atoms with van der Waals surface area (Å²) >= 11 is 0. The van der Waals surface area contributed by atoms with Crippen molar-refractivity contribution < 1.29 is 9.85 Å². The number of benzene rings is 3. The molecule has 0 unspecified atom stereocenters. The molecule has 0 aliphatic heterocycles. The Hall–Kier alpha value is -4.77. The molecule has 0 saturated carbocycles. The normalized spacial score (nSPS) is 11.3. The molecule has 162 valence electrons. The van der Waals surface area contributed by atoms with Crippen molar-refractivity contribution >= 4 is 33.9 Å². The molecule has 1 aromatic heterocycles. The fourth-order valence-corrected chi connectivity index (χ4v) is 3.86. The first-order valence-electron chi connectivity index (χ1n) is 10.1. The van der Waals surface area contributed by atoms with Gasteiger partial charge >= 0.3 is 0 Å². The van der Waals surface area contributed by atoms with Crippen molar-refractivity contribution in [2.24, 2.45) is 0 Å². The minimum Gasteiger partial charge on any atom is -0.340 e. The summed E-state index contributed by atoms with van der Waals surface area (Å²) < 4.78 is 2.09. The molecule has 0 aliphatic carbocycles. The van der Waals surface area contributed by atoms with Crippen LogP contribution in [-0.4, -0.2) is 14.4 Å². The summed E-state index contributed by atoms with van der Waals surface area (Å²) in [7, 11) is 0. The fraction of sp³-hybridized carbons (Fsp3) is 0.0800. The van der Waals surface area contributed by atoms with Gasteiger partial charge in [-0.25, -0.2) is 0 Å². The van der Waals surface area contributed by atoms with Crippen LogP contribution in [0.4, 0.5) is 11.4 Å². The predicted molar refractivity (Wildman–Crippen MR) is 125 cm³/mol. The number of allylic oxidation sites excluding steroid dienone is 1. The molecule has 0 N–H and O–H groups in total. The van der Waals surface area contributed by atoms with Crippen LogP contribution in [0.1, 0.15) is 22.4 Å². The van der Waals surface area contributed by atoms with E-state index >= 15 is 0 Å². The topological polar surface area (TPSA) is 115 Å². The third-order valence-electron chi connectivity index (χ3n) is 5.54. The molecule has 4 rings (SSSR count). The Balaban J connectivity index is 1.81. The van der Waals surface area contributed by atoms with Gasteiger partial charge in [0.15, 0.2) is 0 Å². The molecule has 0 radical (unpaired) electrons. The summed E-state index contributed by atoms with van der Waals surface area (Å²) in [4.78, 5) is 21.2. The van der Waals surface area contributed by atoms with Gasteiger partial charge in [0.25, 0.3) is 11.4 Å². The molecule has 0 spiro atoms. The van der Waals surface area contributed by atoms with Crippen molar-refractivity contribution in [3.8, 4) is 6.07 Å². The van der Waals surface area contributed by atoms with E-state index in [0.717, 1.165) is 27.7 Å². The fourth-order valence-electron chi connectivity index (χ4n) is 3.86. The Labute approximate surface area is 188 Å². The molecule has 8 heteroatoms. The molecule has 4 aromatic rings. The summed E-state index contributed by atoms with van der Waals surface area (Å²) in [6, 6.07) is 22.4. The standard InChI is InChI=1S/C25H18N4O4/c1-17-24(14-20(15-26)19-5-4-6-22(13-19)29(32)33)23-7-2-3-8-25(23)27(17)16-18-9-11-21(12-10-18)28(30)31/h2-14H,16H2,1H3. The number of nitriles is 1. The van der Waals surface area contributed by atoms with Crippen LogP contribution < -0.4 is 0 Å². The van der Waals surface area contributed by atoms with E-state index in [4.69, 9.17) is 0 Å². The van der Waals surface area contributed by atoms with Gasteiger partial charge in [-0.3, -0.25) is 20.2 Å². The van der Waals surface area contributed by atoms with Gasteiger partial charge in [-0.15, -0.1) is 0 Å². The second-order valence-electron chi connectivity index (χ2n) is 7.50. The summed E-state index contributed by atoms with van der Waals surface area (Å²) in [6.07, 6.45) is 1.75. The molecule has 33 heavy (non-hydrogen) atoms. The number of rotatable bonds is 6. The number of nitro groups is 2. The molecular weight excluding hydrogens is 420 g/mol. The van der Waals surface area contributed by atoms with Gasteiger partial charge in [0.05, 0.1) is 21.5 Å². The predicted octanol–water partition coefficient (Wildman–Crippen LogP) is 5.88. The average molecular weight is 438 g/mol. The Morgan fingerprint density at radius 3 is 2.33 bits per heavy atom. The molecule has 1 heterocycles. The Kier molecular flexibility index (Phi) is 5.70. The van der Waals surface area contributed by atoms with Crippen molar-refractivity contribution in [1.82, 2.24) is 4.57 Å². The Morgan fingerprint density at radius 1 is 0.970 bits per heavy atom. The van der Waals surface area contributed by atoms with Crippen LogP contribution in [-0.2, 0) is 6.54 Å². The van der Waals surface area contributed by atoms with Gasteiger partial charge in [0, 0.05) is 53.0 Å². The van der Waals surface area contributed by atoms with Crippen LogP contribution in [0, 0.1) is 38.5 Å². The van der Waals surface area contributed by atoms with E-state index in [-0.39, 0.29) is 11.4 Å². The van der Waals surface area contributed by atoms with Crippen molar-refractivity contribution in [3.05, 3.63) is 115 Å². The van der Waals surface area contributed by atoms with E-state index in [0.29, 0.717) is 17.7 Å². The average Bonchev–Trinajstić information content (AvgIpc) is 3.08. The van der Waals surface area contributed by atoms with E-state index in [1.54, 1.807) is 30.3 Å². The van der Waals surface area contributed by atoms with Crippen molar-refractivity contribution in [1.29, 1.82) is 5.26 Å². The van der Waals surface area contributed by atoms with E-state index in [1.165, 1.54) is 24.3 Å². The molecule has 0 atom stereocenters. The zero-order valence-electron chi connectivity index (χ0n) is 17.6. The number of fused-ring (bicyclic) bond motifs is 1. The highest BCUT2D eigenvalue weighted by atomic mass is 16.6. The highest BCUT2D eigenvalue weighted by Crippen LogP contribution is 2.31. The van der Waals surface area contributed by atoms with E-state index in [9.17, 15) is 25.5 Å². The van der Waals surface area contributed by atoms with Gasteiger partial charge < -0.3 is 4.57 Å². The van der Waals surface area contributed by atoms with E-state index < -0.39 is 9.85 Å². The third-order valence-corrected chi connectivity index (χ3v) is 5.54. The largest absolute Gasteiger partial charge is 0.340 e. The number of non-ortho nitro benzene ring substituents is 2. The number of hydrogen-bond donors (Lipinski definition) is 0. The summed E-state index contributed by atoms with van der Waals surface area (Å²) in [6.45, 7) is 2.44. The molecule has 0 saturated heterocycles. The van der Waals surface area contributed by atoms with Gasteiger partial charge in [-0.2, -0.15) is 5.26 Å². The summed E-state index contributed by atoms with van der Waals surface area (Å²) in [5, 5.41) is 32.8. The number of aromatic nitrogens is 1. The zero-order chi connectivity index (χ0) is 23.5. The lowest BCUT2D eigenvalue weighted by Gasteiger charge is -2.09. The summed E-state index contributed by atoms with van der Waals surface area (Å²) in [5.74, 6) is 0. The quantitative estimate of drug-likeness (QED) is 0.212. The van der Waals surface area contributed by atoms with Crippen molar-refractivity contribution in [3.63, 3.8) is 0 Å². The van der Waals surface area contributed by atoms with Crippen LogP contribution in [0.2, 0.25) is 0 Å². The molecule has 0 fully saturated rings. The van der Waals surface area contributed by atoms with Gasteiger partial charge in [0.2, 0.25) is 0 Å². The molecular formula is C25H18N4O4. The monoisotopic (exact) mass is 438 g/mol. The minimum atomic E-state index is -0.486. The van der Waals surface area contributed by atoms with Gasteiger partial charge in [-0.1, -0.05) is 42.5 Å². The van der Waals surface area contributed by atoms with Crippen LogP contribution in [0.15, 0.2) is 72.8 Å². The lowest BCUT2D eigenvalue weighted by Crippen LogP contribution is -2.02. The molecule has 3 aromatic carbocycles. The number of nitro benzene ring substituents is 2. The maximum atomic E-state index is 11.1. The minimum absolute atomic E-state index is 0.0343. The van der Waals surface area contributed by atoms with E-state index in [1.807, 2.05) is 31.2 Å². The van der Waals surface area contributed by atoms with Gasteiger partial charge in [0.1, 0.15) is 0 Å². The highest BCUT2D eigenvalue weighted by molar-refractivity contribution is 5.99. The van der Waals surface area contributed by atoms with Crippen LogP contribution in [0.3, 0.4) is 0 Å². The lowest BCUT2D eigenvalue weighted by molar-refractivity contribution is -0.385. The van der Waals surface area contributed by atoms with Crippen molar-refractivity contribution in [2.45, 2.75) is 13.5 Å². The molecule has 0 aliphatic rings. The molecule has 0 bridgehead atoms. The first-order valence-corrected chi connectivity index (χ1v) is 10.1. The highest BCUT2D eigenvalue weighted by Gasteiger charge is 2.15. The smallest absolute Gasteiger partial charge is 0.270 e. The maximum Gasteiger partial charge on any atom is 0.270 e. The van der Waals surface area contributed by atoms with Crippen LogP contribution >= 0.6 is 0 Å². The molecule has 8 nitrogen and oxygen atoms in total. The lowest BCUT2D eigenvalue weighted by atomic mass is 10.0. The number of nitrogens with zero attached hydrogens (tertiary/aromatic N) is 4. The number of para-hydroxylation sites is 1. The van der Waals surface area contributed by atoms with Crippen molar-refractivity contribution in [2.75, 3.05) is 0 Å². The third kappa shape index (κ3) is 4.20. The Bertz CT molecular complexity index is 1460. The van der Waals surface area contributed by atoms with Gasteiger partial charge in [-0.05, 0) is 30.2 Å². The van der Waals surface area contributed by atoms with Crippen LogP contribution in [0.25, 0.3) is 22.6 Å². The zero-order valence-corrected chi connectivity index (χ0v) is 17.6. The Morgan fingerprint density at radius 2 is 1.67 bits per heavy atom. The second-order valence-corrected chi connectivity index (χ2v) is 7.50. The maximum absolute atomic E-state index is 11.1. The van der Waals surface area contributed by atoms with E-state index in [2.05, 4.69) is 10.6 Å². The second kappa shape index (κ2) is 8.77. The first kappa shape index (κ1) is 21.5. The van der Waals surface area contributed by atoms with Crippen LogP contribution in [0.5, 0.6) is 0 Å². The summed E-state index contributed by atoms with van der Waals surface area (Å²) in [5.41, 5.74) is 4.36.